The fraction of sp³-hybridized carbons (Fsp3) is 0.294. The Morgan fingerprint density at radius 2 is 1.96 bits per heavy atom. The maximum absolute atomic E-state index is 6.20. The van der Waals surface area contributed by atoms with Crippen LogP contribution in [0.5, 0.6) is 0 Å². The maximum atomic E-state index is 6.20. The highest BCUT2D eigenvalue weighted by Gasteiger charge is 2.20. The zero-order chi connectivity index (χ0) is 16.5. The molecule has 3 aromatic rings. The molecule has 1 N–H and O–H groups in total. The van der Waals surface area contributed by atoms with Gasteiger partial charge in [0.1, 0.15) is 10.6 Å². The number of benzene rings is 1. The summed E-state index contributed by atoms with van der Waals surface area (Å²) in [5.41, 5.74) is 2.34. The summed E-state index contributed by atoms with van der Waals surface area (Å²) >= 11 is 11.3. The van der Waals surface area contributed by atoms with Gasteiger partial charge in [-0.1, -0.05) is 28.1 Å². The van der Waals surface area contributed by atoms with Crippen molar-refractivity contribution in [3.05, 3.63) is 39.4 Å². The quantitative estimate of drug-likeness (QED) is 0.613. The minimum atomic E-state index is 0.318. The Morgan fingerprint density at radius 1 is 1.12 bits per heavy atom. The van der Waals surface area contributed by atoms with E-state index in [0.717, 1.165) is 53.1 Å². The van der Waals surface area contributed by atoms with Gasteiger partial charge >= 0.3 is 0 Å². The van der Waals surface area contributed by atoms with Crippen LogP contribution in [0.2, 0.25) is 5.28 Å². The van der Waals surface area contributed by atoms with Crippen LogP contribution < -0.4 is 10.2 Å². The number of hydrogen-bond donors (Lipinski definition) is 1. The zero-order valence-electron chi connectivity index (χ0n) is 12.9. The van der Waals surface area contributed by atoms with Gasteiger partial charge < -0.3 is 10.2 Å². The van der Waals surface area contributed by atoms with Gasteiger partial charge in [0.2, 0.25) is 5.28 Å². The minimum absolute atomic E-state index is 0.318. The summed E-state index contributed by atoms with van der Waals surface area (Å²) in [6.07, 6.45) is 1.10. The highest BCUT2D eigenvalue weighted by Crippen LogP contribution is 2.39. The molecular formula is C17H16BrClN4S. The third kappa shape index (κ3) is 3.16. The van der Waals surface area contributed by atoms with Gasteiger partial charge in [0.05, 0.1) is 5.39 Å². The summed E-state index contributed by atoms with van der Waals surface area (Å²) in [5, 5.41) is 7.01. The molecular weight excluding hydrogens is 408 g/mol. The Labute approximate surface area is 158 Å². The predicted molar refractivity (Wildman–Crippen MR) is 105 cm³/mol. The Kier molecular flexibility index (Phi) is 4.72. The van der Waals surface area contributed by atoms with Crippen molar-refractivity contribution in [2.75, 3.05) is 31.1 Å². The summed E-state index contributed by atoms with van der Waals surface area (Å²) in [4.78, 5) is 12.3. The van der Waals surface area contributed by atoms with E-state index in [1.54, 1.807) is 11.3 Å². The average Bonchev–Trinajstić information content (AvgIpc) is 2.81. The molecule has 1 aromatic carbocycles. The number of anilines is 1. The lowest BCUT2D eigenvalue weighted by Gasteiger charge is -2.22. The molecule has 1 aliphatic heterocycles. The SMILES string of the molecule is Clc1nc(N2CCCNCC2)c2c(-c3ccc(Br)cc3)csc2n1. The van der Waals surface area contributed by atoms with Crippen molar-refractivity contribution in [2.45, 2.75) is 6.42 Å². The van der Waals surface area contributed by atoms with Crippen LogP contribution >= 0.6 is 38.9 Å². The van der Waals surface area contributed by atoms with E-state index in [4.69, 9.17) is 11.6 Å². The van der Waals surface area contributed by atoms with Crippen molar-refractivity contribution in [2.24, 2.45) is 0 Å². The first-order valence-electron chi connectivity index (χ1n) is 7.89. The molecule has 4 nitrogen and oxygen atoms in total. The van der Waals surface area contributed by atoms with Crippen LogP contribution in [0.25, 0.3) is 21.3 Å². The molecule has 1 saturated heterocycles. The van der Waals surface area contributed by atoms with E-state index in [2.05, 4.69) is 65.8 Å². The highest BCUT2D eigenvalue weighted by molar-refractivity contribution is 9.10. The van der Waals surface area contributed by atoms with Gasteiger partial charge in [-0.25, -0.2) is 4.98 Å². The second-order valence-electron chi connectivity index (χ2n) is 5.74. The lowest BCUT2D eigenvalue weighted by atomic mass is 10.1. The zero-order valence-corrected chi connectivity index (χ0v) is 16.1. The number of fused-ring (bicyclic) bond motifs is 1. The number of rotatable bonds is 2. The summed E-state index contributed by atoms with van der Waals surface area (Å²) < 4.78 is 1.07. The van der Waals surface area contributed by atoms with Gasteiger partial charge in [0, 0.05) is 35.1 Å². The summed E-state index contributed by atoms with van der Waals surface area (Å²) in [6, 6.07) is 8.36. The van der Waals surface area contributed by atoms with Gasteiger partial charge in [-0.15, -0.1) is 11.3 Å². The molecule has 24 heavy (non-hydrogen) atoms. The lowest BCUT2D eigenvalue weighted by molar-refractivity contribution is 0.724. The van der Waals surface area contributed by atoms with E-state index in [0.29, 0.717) is 5.28 Å². The largest absolute Gasteiger partial charge is 0.355 e. The molecule has 0 bridgehead atoms. The maximum Gasteiger partial charge on any atom is 0.225 e. The van der Waals surface area contributed by atoms with Crippen LogP contribution in [0.4, 0.5) is 5.82 Å². The van der Waals surface area contributed by atoms with Crippen LogP contribution in [0, 0.1) is 0 Å². The van der Waals surface area contributed by atoms with E-state index in [1.165, 1.54) is 11.1 Å². The molecule has 1 aliphatic rings. The molecule has 3 heterocycles. The predicted octanol–water partition coefficient (Wildman–Crippen LogP) is 4.57. The van der Waals surface area contributed by atoms with Crippen LogP contribution in [0.15, 0.2) is 34.1 Å². The molecule has 0 saturated carbocycles. The smallest absolute Gasteiger partial charge is 0.225 e. The molecule has 1 fully saturated rings. The first-order valence-corrected chi connectivity index (χ1v) is 9.94. The first kappa shape index (κ1) is 16.3. The molecule has 0 unspecified atom stereocenters. The minimum Gasteiger partial charge on any atom is -0.355 e. The second-order valence-corrected chi connectivity index (χ2v) is 7.86. The fourth-order valence-electron chi connectivity index (χ4n) is 3.03. The number of halogens is 2. The summed E-state index contributed by atoms with van der Waals surface area (Å²) in [7, 11) is 0. The van der Waals surface area contributed by atoms with E-state index in [9.17, 15) is 0 Å². The van der Waals surface area contributed by atoms with Crippen molar-refractivity contribution in [1.82, 2.24) is 15.3 Å². The van der Waals surface area contributed by atoms with Crippen molar-refractivity contribution in [1.29, 1.82) is 0 Å². The Balaban J connectivity index is 1.88. The Morgan fingerprint density at radius 3 is 2.79 bits per heavy atom. The number of thiophene rings is 1. The van der Waals surface area contributed by atoms with E-state index >= 15 is 0 Å². The van der Waals surface area contributed by atoms with E-state index in [-0.39, 0.29) is 0 Å². The van der Waals surface area contributed by atoms with Crippen molar-refractivity contribution in [3.8, 4) is 11.1 Å². The van der Waals surface area contributed by atoms with Crippen molar-refractivity contribution < 1.29 is 0 Å². The standard InChI is InChI=1S/C17H16BrClN4S/c18-12-4-2-11(3-5-12)13-10-24-16-14(13)15(21-17(19)22-16)23-8-1-6-20-7-9-23/h2-5,10,20H,1,6-9H2. The van der Waals surface area contributed by atoms with Crippen molar-refractivity contribution >= 4 is 54.9 Å². The van der Waals surface area contributed by atoms with Gasteiger partial charge in [0.25, 0.3) is 0 Å². The van der Waals surface area contributed by atoms with E-state index in [1.807, 2.05) is 0 Å². The Hall–Kier alpha value is -1.21. The molecule has 0 atom stereocenters. The molecule has 124 valence electrons. The van der Waals surface area contributed by atoms with Crippen LogP contribution in [0.1, 0.15) is 6.42 Å². The Bertz CT molecular complexity index is 857. The third-order valence-electron chi connectivity index (χ3n) is 4.18. The highest BCUT2D eigenvalue weighted by atomic mass is 79.9. The number of hydrogen-bond acceptors (Lipinski definition) is 5. The van der Waals surface area contributed by atoms with Gasteiger partial charge in [-0.2, -0.15) is 4.98 Å². The fourth-order valence-corrected chi connectivity index (χ4v) is 4.45. The molecule has 4 rings (SSSR count). The van der Waals surface area contributed by atoms with E-state index < -0.39 is 0 Å². The third-order valence-corrected chi connectivity index (χ3v) is 5.75. The van der Waals surface area contributed by atoms with Crippen LogP contribution in [0.3, 0.4) is 0 Å². The monoisotopic (exact) mass is 422 g/mol. The molecule has 7 heteroatoms. The number of nitrogens with zero attached hydrogens (tertiary/aromatic N) is 3. The lowest BCUT2D eigenvalue weighted by Crippen LogP contribution is -2.28. The molecule has 0 radical (unpaired) electrons. The first-order chi connectivity index (χ1) is 11.7. The van der Waals surface area contributed by atoms with Gasteiger partial charge in [-0.3, -0.25) is 0 Å². The molecule has 2 aromatic heterocycles. The normalized spacial score (nSPS) is 15.7. The van der Waals surface area contributed by atoms with Gasteiger partial charge in [0.15, 0.2) is 0 Å². The van der Waals surface area contributed by atoms with Crippen molar-refractivity contribution in [3.63, 3.8) is 0 Å². The molecule has 0 amide bonds. The molecule has 0 spiro atoms. The second kappa shape index (κ2) is 6.96. The van der Waals surface area contributed by atoms with Crippen LogP contribution in [-0.2, 0) is 0 Å². The average molecular weight is 424 g/mol. The van der Waals surface area contributed by atoms with Gasteiger partial charge in [-0.05, 0) is 42.3 Å². The number of nitrogens with one attached hydrogen (secondary N) is 1. The van der Waals surface area contributed by atoms with Crippen LogP contribution in [-0.4, -0.2) is 36.1 Å². The summed E-state index contributed by atoms with van der Waals surface area (Å²) in [6.45, 7) is 3.91. The summed E-state index contributed by atoms with van der Waals surface area (Å²) in [5.74, 6) is 0.952. The molecule has 0 aliphatic carbocycles. The number of aromatic nitrogens is 2. The topological polar surface area (TPSA) is 41.1 Å².